The lowest BCUT2D eigenvalue weighted by Gasteiger charge is -2.17. The molecule has 0 spiro atoms. The first-order valence-corrected chi connectivity index (χ1v) is 8.90. The molecule has 0 aliphatic heterocycles. The monoisotopic (exact) mass is 404 g/mol. The number of anilines is 1. The highest BCUT2D eigenvalue weighted by atomic mass is 35.5. The number of ether oxygens (including phenoxy) is 1. The van der Waals surface area contributed by atoms with Gasteiger partial charge in [-0.25, -0.2) is 4.79 Å². The first-order valence-electron chi connectivity index (χ1n) is 8.52. The molecule has 28 heavy (non-hydrogen) atoms. The molecule has 7 nitrogen and oxygen atoms in total. The fraction of sp³-hybridized carbons (Fsp3) is 0.300. The second-order valence-corrected chi connectivity index (χ2v) is 6.95. The molecule has 0 saturated carbocycles. The van der Waals surface area contributed by atoms with E-state index in [0.29, 0.717) is 5.56 Å². The predicted octanol–water partition coefficient (Wildman–Crippen LogP) is 4.59. The lowest BCUT2D eigenvalue weighted by Crippen LogP contribution is -2.22. The number of non-ortho nitro benzene ring substituents is 1. The molecule has 0 saturated heterocycles. The summed E-state index contributed by atoms with van der Waals surface area (Å²) in [6.45, 7) is 9.08. The fourth-order valence-corrected chi connectivity index (χ4v) is 3.14. The number of nitrogens with one attached hydrogen (secondary N) is 1. The Labute approximate surface area is 167 Å². The number of nitro groups is 1. The highest BCUT2D eigenvalue weighted by molar-refractivity contribution is 6.34. The van der Waals surface area contributed by atoms with Crippen LogP contribution in [-0.4, -0.2) is 23.4 Å². The minimum Gasteiger partial charge on any atom is -0.452 e. The van der Waals surface area contributed by atoms with Gasteiger partial charge in [0.05, 0.1) is 21.2 Å². The van der Waals surface area contributed by atoms with Gasteiger partial charge in [-0.1, -0.05) is 11.6 Å². The van der Waals surface area contributed by atoms with E-state index in [9.17, 15) is 19.7 Å². The molecular weight excluding hydrogens is 384 g/mol. The molecule has 0 fully saturated rings. The third-order valence-corrected chi connectivity index (χ3v) is 5.29. The van der Waals surface area contributed by atoms with Gasteiger partial charge in [0, 0.05) is 12.1 Å². The van der Waals surface area contributed by atoms with Crippen LogP contribution in [0.3, 0.4) is 0 Å². The number of carbonyl (C=O) groups excluding carboxylic acids is 2. The van der Waals surface area contributed by atoms with E-state index in [-0.39, 0.29) is 16.4 Å². The quantitative estimate of drug-likeness (QED) is 0.446. The lowest BCUT2D eigenvalue weighted by molar-refractivity contribution is -0.384. The van der Waals surface area contributed by atoms with Gasteiger partial charge < -0.3 is 10.1 Å². The molecule has 0 unspecified atom stereocenters. The Hall–Kier alpha value is -2.93. The second kappa shape index (κ2) is 8.39. The molecule has 0 bridgehead atoms. The molecule has 0 aliphatic carbocycles. The van der Waals surface area contributed by atoms with E-state index in [4.69, 9.17) is 16.3 Å². The van der Waals surface area contributed by atoms with Crippen molar-refractivity contribution in [3.63, 3.8) is 0 Å². The first kappa shape index (κ1) is 21.4. The van der Waals surface area contributed by atoms with E-state index in [1.54, 1.807) is 0 Å². The summed E-state index contributed by atoms with van der Waals surface area (Å²) in [5.74, 6) is -1.17. The van der Waals surface area contributed by atoms with Crippen LogP contribution in [0.2, 0.25) is 5.02 Å². The van der Waals surface area contributed by atoms with Crippen molar-refractivity contribution in [3.8, 4) is 0 Å². The minimum atomic E-state index is -0.597. The van der Waals surface area contributed by atoms with Crippen molar-refractivity contribution < 1.29 is 19.2 Å². The van der Waals surface area contributed by atoms with E-state index < -0.39 is 23.4 Å². The second-order valence-electron chi connectivity index (χ2n) is 6.55. The maximum absolute atomic E-state index is 12.5. The van der Waals surface area contributed by atoms with Crippen molar-refractivity contribution in [1.29, 1.82) is 0 Å². The predicted molar refractivity (Wildman–Crippen MR) is 107 cm³/mol. The average Bonchev–Trinajstić information content (AvgIpc) is 2.64. The van der Waals surface area contributed by atoms with Gasteiger partial charge in [0.2, 0.25) is 0 Å². The van der Waals surface area contributed by atoms with Gasteiger partial charge in [0.25, 0.3) is 11.6 Å². The van der Waals surface area contributed by atoms with Crippen LogP contribution in [0, 0.1) is 44.7 Å². The van der Waals surface area contributed by atoms with Crippen LogP contribution < -0.4 is 5.32 Å². The Morgan fingerprint density at radius 2 is 1.57 bits per heavy atom. The number of hydrogen-bond donors (Lipinski definition) is 1. The first-order chi connectivity index (χ1) is 13.0. The largest absolute Gasteiger partial charge is 0.452 e. The van der Waals surface area contributed by atoms with Gasteiger partial charge in [-0.3, -0.25) is 14.9 Å². The number of halogens is 1. The van der Waals surface area contributed by atoms with E-state index in [0.717, 1.165) is 33.9 Å². The molecule has 1 N–H and O–H groups in total. The molecule has 2 aromatic carbocycles. The maximum Gasteiger partial charge on any atom is 0.339 e. The van der Waals surface area contributed by atoms with Gasteiger partial charge in [0.15, 0.2) is 6.61 Å². The van der Waals surface area contributed by atoms with Gasteiger partial charge in [-0.15, -0.1) is 0 Å². The number of rotatable bonds is 5. The van der Waals surface area contributed by atoms with Gasteiger partial charge >= 0.3 is 5.97 Å². The van der Waals surface area contributed by atoms with E-state index in [2.05, 4.69) is 5.32 Å². The molecule has 1 amide bonds. The third-order valence-electron chi connectivity index (χ3n) is 4.98. The van der Waals surface area contributed by atoms with Crippen molar-refractivity contribution in [3.05, 3.63) is 66.7 Å². The van der Waals surface area contributed by atoms with Crippen molar-refractivity contribution in [2.75, 3.05) is 11.9 Å². The van der Waals surface area contributed by atoms with E-state index >= 15 is 0 Å². The number of carbonyl (C=O) groups is 2. The van der Waals surface area contributed by atoms with Gasteiger partial charge in [-0.2, -0.15) is 0 Å². The number of esters is 1. The minimum absolute atomic E-state index is 0.0188. The molecule has 2 rings (SSSR count). The molecule has 148 valence electrons. The molecule has 0 aliphatic rings. The molecule has 0 heterocycles. The Balaban J connectivity index is 2.10. The van der Waals surface area contributed by atoms with Gasteiger partial charge in [0.1, 0.15) is 0 Å². The topological polar surface area (TPSA) is 98.5 Å². The van der Waals surface area contributed by atoms with E-state index in [1.165, 1.54) is 12.1 Å². The zero-order valence-corrected chi connectivity index (χ0v) is 17.1. The summed E-state index contributed by atoms with van der Waals surface area (Å²) in [5, 5.41) is 13.2. The molecule has 8 heteroatoms. The summed E-state index contributed by atoms with van der Waals surface area (Å²) in [4.78, 5) is 34.8. The number of nitro benzene ring substituents is 1. The van der Waals surface area contributed by atoms with Crippen LogP contribution in [-0.2, 0) is 9.53 Å². The summed E-state index contributed by atoms with van der Waals surface area (Å²) in [6.07, 6.45) is 0. The number of amides is 1. The lowest BCUT2D eigenvalue weighted by atomic mass is 9.90. The van der Waals surface area contributed by atoms with Gasteiger partial charge in [-0.05, 0) is 68.5 Å². The molecule has 2 aromatic rings. The molecular formula is C20H21ClN2O5. The zero-order chi connectivity index (χ0) is 21.2. The van der Waals surface area contributed by atoms with Crippen molar-refractivity contribution in [2.45, 2.75) is 34.6 Å². The third kappa shape index (κ3) is 4.31. The van der Waals surface area contributed by atoms with Crippen LogP contribution >= 0.6 is 11.6 Å². The Bertz CT molecular complexity index is 956. The normalized spacial score (nSPS) is 10.5. The van der Waals surface area contributed by atoms with Crippen LogP contribution in [0.15, 0.2) is 18.2 Å². The van der Waals surface area contributed by atoms with Crippen molar-refractivity contribution in [2.24, 2.45) is 0 Å². The highest BCUT2D eigenvalue weighted by Gasteiger charge is 2.20. The zero-order valence-electron chi connectivity index (χ0n) is 16.3. The molecule has 0 aromatic heterocycles. The Morgan fingerprint density at radius 3 is 2.07 bits per heavy atom. The highest BCUT2D eigenvalue weighted by Crippen LogP contribution is 2.28. The standard InChI is InChI=1S/C20H21ClN2O5/c1-10-11(2)13(4)19(14(5)12(10)3)20(25)28-9-18(24)22-17-7-6-15(23(26)27)8-16(17)21/h6-8H,9H2,1-5H3,(H,22,24). The number of nitrogens with zero attached hydrogens (tertiary/aromatic N) is 1. The summed E-state index contributed by atoms with van der Waals surface area (Å²) in [6, 6.07) is 3.67. The van der Waals surface area contributed by atoms with Crippen LogP contribution in [0.4, 0.5) is 11.4 Å². The van der Waals surface area contributed by atoms with E-state index in [1.807, 2.05) is 34.6 Å². The summed E-state index contributed by atoms with van der Waals surface area (Å²) in [7, 11) is 0. The Kier molecular flexibility index (Phi) is 6.41. The SMILES string of the molecule is Cc1c(C)c(C)c(C(=O)OCC(=O)Nc2ccc([N+](=O)[O-])cc2Cl)c(C)c1C. The Morgan fingerprint density at radius 1 is 1.04 bits per heavy atom. The summed E-state index contributed by atoms with van der Waals surface area (Å²) < 4.78 is 5.17. The smallest absolute Gasteiger partial charge is 0.339 e. The number of benzene rings is 2. The van der Waals surface area contributed by atoms with Crippen molar-refractivity contribution >= 4 is 34.9 Å². The van der Waals surface area contributed by atoms with Crippen molar-refractivity contribution in [1.82, 2.24) is 0 Å². The maximum atomic E-state index is 12.5. The summed E-state index contributed by atoms with van der Waals surface area (Å²) in [5.41, 5.74) is 5.26. The number of hydrogen-bond acceptors (Lipinski definition) is 5. The molecule has 0 radical (unpaired) electrons. The van der Waals surface area contributed by atoms with Crippen LogP contribution in [0.1, 0.15) is 38.2 Å². The molecule has 0 atom stereocenters. The van der Waals surface area contributed by atoms with Crippen LogP contribution in [0.5, 0.6) is 0 Å². The fourth-order valence-electron chi connectivity index (χ4n) is 2.91. The van der Waals surface area contributed by atoms with Crippen LogP contribution in [0.25, 0.3) is 0 Å². The average molecular weight is 405 g/mol. The summed E-state index contributed by atoms with van der Waals surface area (Å²) >= 11 is 5.94.